The van der Waals surface area contributed by atoms with Gasteiger partial charge >= 0.3 is 0 Å². The lowest BCUT2D eigenvalue weighted by Crippen LogP contribution is -2.35. The van der Waals surface area contributed by atoms with Gasteiger partial charge in [-0.15, -0.1) is 0 Å². The van der Waals surface area contributed by atoms with Crippen molar-refractivity contribution in [3.8, 4) is 22.5 Å². The van der Waals surface area contributed by atoms with Crippen molar-refractivity contribution in [2.75, 3.05) is 19.0 Å². The lowest BCUT2D eigenvalue weighted by molar-refractivity contribution is -0.0204. The van der Waals surface area contributed by atoms with Gasteiger partial charge in [-0.1, -0.05) is 41.9 Å². The van der Waals surface area contributed by atoms with Crippen LogP contribution in [-0.4, -0.2) is 52.5 Å². The summed E-state index contributed by atoms with van der Waals surface area (Å²) < 4.78 is 31.0. The molecule has 6 rings (SSSR count). The van der Waals surface area contributed by atoms with Crippen LogP contribution in [0.4, 0.5) is 0 Å². The number of hydrogen-bond donors (Lipinski definition) is 2. The number of hydrogen-bond acceptors (Lipinski definition) is 7. The molecule has 0 atom stereocenters. The number of benzene rings is 2. The second-order valence-electron chi connectivity index (χ2n) is 8.46. The lowest BCUT2D eigenvalue weighted by atomic mass is 10.0. The highest BCUT2D eigenvalue weighted by molar-refractivity contribution is 7.91. The average molecular weight is 508 g/mol. The molecule has 1 saturated heterocycles. The van der Waals surface area contributed by atoms with Crippen LogP contribution in [0.15, 0.2) is 64.4 Å². The Hall–Kier alpha value is -3.60. The number of aromatic amines is 2. The standard InChI is InChI=1S/C24H18ClN5O4S/c25-17-7-15(6-16-9-26-30-20(16)17)22-21(14-4-2-1-3-5-14)28-23-18(27-22)8-19(24(31)29-23)35(32,33)12-13-10-34-11-13/h1-9,13H,10-12H2,(H,26,30)(H,28,29,31). The SMILES string of the molecule is O=c1[nH]c2nc(-c3ccccc3)c(-c3cc(Cl)c4[nH]ncc4c3)nc2cc1S(=O)(=O)CC1COC1. The average Bonchev–Trinajstić information content (AvgIpc) is 3.30. The molecule has 1 aliphatic rings. The molecule has 0 unspecified atom stereocenters. The predicted molar refractivity (Wildman–Crippen MR) is 132 cm³/mol. The van der Waals surface area contributed by atoms with E-state index < -0.39 is 15.4 Å². The highest BCUT2D eigenvalue weighted by Gasteiger charge is 2.29. The molecule has 9 nitrogen and oxygen atoms in total. The summed E-state index contributed by atoms with van der Waals surface area (Å²) >= 11 is 6.49. The van der Waals surface area contributed by atoms with Gasteiger partial charge in [0, 0.05) is 22.4 Å². The third kappa shape index (κ3) is 3.89. The fourth-order valence-electron chi connectivity index (χ4n) is 4.16. The summed E-state index contributed by atoms with van der Waals surface area (Å²) in [5.41, 5.74) is 2.91. The second kappa shape index (κ2) is 8.26. The van der Waals surface area contributed by atoms with Crippen molar-refractivity contribution in [1.29, 1.82) is 0 Å². The molecule has 0 spiro atoms. The normalized spacial score (nSPS) is 14.4. The van der Waals surface area contributed by atoms with Crippen LogP contribution >= 0.6 is 11.6 Å². The van der Waals surface area contributed by atoms with Gasteiger partial charge in [-0.05, 0) is 18.2 Å². The van der Waals surface area contributed by atoms with Gasteiger partial charge in [-0.25, -0.2) is 18.4 Å². The highest BCUT2D eigenvalue weighted by atomic mass is 35.5. The van der Waals surface area contributed by atoms with Crippen molar-refractivity contribution in [3.05, 3.63) is 70.1 Å². The summed E-state index contributed by atoms with van der Waals surface area (Å²) in [5, 5.41) is 8.17. The zero-order valence-electron chi connectivity index (χ0n) is 18.2. The number of ether oxygens (including phenoxy) is 1. The molecule has 1 fully saturated rings. The monoisotopic (exact) mass is 507 g/mol. The third-order valence-electron chi connectivity index (χ3n) is 5.96. The smallest absolute Gasteiger partial charge is 0.268 e. The number of pyridine rings is 1. The fraction of sp³-hybridized carbons (Fsp3) is 0.167. The van der Waals surface area contributed by atoms with Crippen LogP contribution in [0.2, 0.25) is 5.02 Å². The van der Waals surface area contributed by atoms with Crippen LogP contribution in [-0.2, 0) is 14.6 Å². The van der Waals surface area contributed by atoms with E-state index in [4.69, 9.17) is 26.3 Å². The first-order chi connectivity index (χ1) is 16.9. The van der Waals surface area contributed by atoms with Crippen LogP contribution in [0.5, 0.6) is 0 Å². The summed E-state index contributed by atoms with van der Waals surface area (Å²) in [7, 11) is -3.84. The van der Waals surface area contributed by atoms with Crippen LogP contribution in [0.25, 0.3) is 44.6 Å². The topological polar surface area (TPSA) is 131 Å². The third-order valence-corrected chi connectivity index (χ3v) is 8.15. The van der Waals surface area contributed by atoms with Gasteiger partial charge in [0.25, 0.3) is 5.56 Å². The molecular formula is C24H18ClN5O4S. The van der Waals surface area contributed by atoms with Crippen molar-refractivity contribution >= 4 is 43.5 Å². The Bertz CT molecular complexity index is 1760. The van der Waals surface area contributed by atoms with E-state index >= 15 is 0 Å². The van der Waals surface area contributed by atoms with Gasteiger partial charge in [-0.2, -0.15) is 5.10 Å². The summed E-state index contributed by atoms with van der Waals surface area (Å²) in [6, 6.07) is 14.3. The summed E-state index contributed by atoms with van der Waals surface area (Å²) in [5.74, 6) is -0.280. The van der Waals surface area contributed by atoms with Crippen LogP contribution in [0, 0.1) is 5.92 Å². The van der Waals surface area contributed by atoms with Crippen LogP contribution in [0.3, 0.4) is 0 Å². The van der Waals surface area contributed by atoms with Gasteiger partial charge in [-0.3, -0.25) is 9.89 Å². The molecule has 0 bridgehead atoms. The van der Waals surface area contributed by atoms with Crippen molar-refractivity contribution in [1.82, 2.24) is 25.1 Å². The molecule has 3 aromatic heterocycles. The first-order valence-electron chi connectivity index (χ1n) is 10.8. The van der Waals surface area contributed by atoms with E-state index in [2.05, 4.69) is 15.2 Å². The Morgan fingerprint density at radius 2 is 1.80 bits per heavy atom. The molecule has 1 aliphatic heterocycles. The number of nitrogens with zero attached hydrogens (tertiary/aromatic N) is 3. The van der Waals surface area contributed by atoms with Gasteiger partial charge in [0.05, 0.1) is 47.1 Å². The zero-order valence-corrected chi connectivity index (χ0v) is 19.7. The first-order valence-corrected chi connectivity index (χ1v) is 12.9. The number of aromatic nitrogens is 5. The number of H-pyrrole nitrogens is 2. The van der Waals surface area contributed by atoms with Crippen molar-refractivity contribution in [3.63, 3.8) is 0 Å². The molecule has 2 aromatic carbocycles. The van der Waals surface area contributed by atoms with E-state index in [1.54, 1.807) is 12.3 Å². The fourth-order valence-corrected chi connectivity index (χ4v) is 6.05. The van der Waals surface area contributed by atoms with E-state index in [0.29, 0.717) is 40.7 Å². The maximum absolute atomic E-state index is 13.0. The van der Waals surface area contributed by atoms with Crippen molar-refractivity contribution < 1.29 is 13.2 Å². The maximum atomic E-state index is 13.0. The van der Waals surface area contributed by atoms with E-state index in [-0.39, 0.29) is 27.7 Å². The molecule has 11 heteroatoms. The molecular weight excluding hydrogens is 490 g/mol. The molecule has 4 heterocycles. The first kappa shape index (κ1) is 21.9. The Kier molecular flexibility index (Phi) is 5.17. The largest absolute Gasteiger partial charge is 0.381 e. The molecule has 176 valence electrons. The Morgan fingerprint density at radius 1 is 1.03 bits per heavy atom. The van der Waals surface area contributed by atoms with Crippen molar-refractivity contribution in [2.24, 2.45) is 5.92 Å². The van der Waals surface area contributed by atoms with Gasteiger partial charge in [0.15, 0.2) is 15.5 Å². The van der Waals surface area contributed by atoms with Gasteiger partial charge in [0.2, 0.25) is 0 Å². The highest BCUT2D eigenvalue weighted by Crippen LogP contribution is 2.34. The minimum absolute atomic E-state index is 0.124. The number of sulfone groups is 1. The molecule has 0 amide bonds. The van der Waals surface area contributed by atoms with Crippen LogP contribution in [0.1, 0.15) is 0 Å². The molecule has 0 saturated carbocycles. The zero-order chi connectivity index (χ0) is 24.2. The molecule has 35 heavy (non-hydrogen) atoms. The Labute approximate surface area is 204 Å². The van der Waals surface area contributed by atoms with Crippen LogP contribution < -0.4 is 5.56 Å². The molecule has 0 radical (unpaired) electrons. The Morgan fingerprint density at radius 3 is 2.54 bits per heavy atom. The number of halogens is 1. The summed E-state index contributed by atoms with van der Waals surface area (Å²) in [6.45, 7) is 0.735. The minimum Gasteiger partial charge on any atom is -0.381 e. The molecule has 2 N–H and O–H groups in total. The van der Waals surface area contributed by atoms with E-state index in [9.17, 15) is 13.2 Å². The second-order valence-corrected chi connectivity index (χ2v) is 10.9. The quantitative estimate of drug-likeness (QED) is 0.371. The number of fused-ring (bicyclic) bond motifs is 2. The van der Waals surface area contributed by atoms with E-state index in [1.165, 1.54) is 6.07 Å². The number of rotatable bonds is 5. The lowest BCUT2D eigenvalue weighted by Gasteiger charge is -2.25. The molecule has 0 aliphatic carbocycles. The number of nitrogens with one attached hydrogen (secondary N) is 2. The van der Waals surface area contributed by atoms with E-state index in [1.807, 2.05) is 36.4 Å². The van der Waals surface area contributed by atoms with Gasteiger partial charge < -0.3 is 9.72 Å². The van der Waals surface area contributed by atoms with E-state index in [0.717, 1.165) is 10.9 Å². The van der Waals surface area contributed by atoms with Gasteiger partial charge in [0.1, 0.15) is 10.4 Å². The Balaban J connectivity index is 1.59. The van der Waals surface area contributed by atoms with Crippen molar-refractivity contribution in [2.45, 2.75) is 4.90 Å². The minimum atomic E-state index is -3.84. The predicted octanol–water partition coefficient (Wildman–Crippen LogP) is 3.60. The summed E-state index contributed by atoms with van der Waals surface area (Å²) in [6.07, 6.45) is 1.66. The molecule has 5 aromatic rings. The maximum Gasteiger partial charge on any atom is 0.268 e. The summed E-state index contributed by atoms with van der Waals surface area (Å²) in [4.78, 5) is 24.5.